The van der Waals surface area contributed by atoms with Crippen LogP contribution < -0.4 is 0 Å². The van der Waals surface area contributed by atoms with Crippen molar-refractivity contribution in [2.45, 2.75) is 12.8 Å². The molecule has 21 heavy (non-hydrogen) atoms. The molecule has 1 aliphatic heterocycles. The standard InChI is InChI=1S/C15H18F2N2O.ClH/c1-2-7-19-8-5-11(6-9-19)15(18-20)13-4-3-12(16)10-14(13)17;/h2-4,10-11,20H,1,5-9H2;1H. The van der Waals surface area contributed by atoms with Gasteiger partial charge in [0.15, 0.2) is 0 Å². The second-order valence-electron chi connectivity index (χ2n) is 4.97. The molecule has 1 fully saturated rings. The quantitative estimate of drug-likeness (QED) is 0.399. The Bertz CT molecular complexity index is 514. The molecule has 3 nitrogen and oxygen atoms in total. The first-order valence-corrected chi connectivity index (χ1v) is 6.66. The normalized spacial score (nSPS) is 17.3. The number of hydrogen-bond donors (Lipinski definition) is 1. The smallest absolute Gasteiger partial charge is 0.135 e. The fourth-order valence-electron chi connectivity index (χ4n) is 2.62. The molecule has 0 saturated carbocycles. The Morgan fingerprint density at radius 3 is 2.57 bits per heavy atom. The Morgan fingerprint density at radius 2 is 2.05 bits per heavy atom. The number of piperidine rings is 1. The summed E-state index contributed by atoms with van der Waals surface area (Å²) in [4.78, 5) is 2.24. The molecule has 0 aliphatic carbocycles. The van der Waals surface area contributed by atoms with Crippen molar-refractivity contribution in [1.29, 1.82) is 0 Å². The monoisotopic (exact) mass is 316 g/mol. The highest BCUT2D eigenvalue weighted by Crippen LogP contribution is 2.24. The van der Waals surface area contributed by atoms with Gasteiger partial charge in [-0.15, -0.1) is 19.0 Å². The molecule has 116 valence electrons. The van der Waals surface area contributed by atoms with E-state index in [0.29, 0.717) is 5.71 Å². The number of nitrogens with zero attached hydrogens (tertiary/aromatic N) is 2. The van der Waals surface area contributed by atoms with Gasteiger partial charge in [0.25, 0.3) is 0 Å². The van der Waals surface area contributed by atoms with E-state index in [1.165, 1.54) is 12.1 Å². The van der Waals surface area contributed by atoms with Gasteiger partial charge in [0.1, 0.15) is 11.6 Å². The van der Waals surface area contributed by atoms with Crippen molar-refractivity contribution in [3.05, 3.63) is 48.1 Å². The fourth-order valence-corrected chi connectivity index (χ4v) is 2.62. The molecule has 0 amide bonds. The molecule has 0 bridgehead atoms. The van der Waals surface area contributed by atoms with Crippen LogP contribution in [0, 0.1) is 17.6 Å². The summed E-state index contributed by atoms with van der Waals surface area (Å²) >= 11 is 0. The molecule has 2 rings (SSSR count). The first-order valence-electron chi connectivity index (χ1n) is 6.66. The van der Waals surface area contributed by atoms with Crippen molar-refractivity contribution in [2.75, 3.05) is 19.6 Å². The van der Waals surface area contributed by atoms with Gasteiger partial charge >= 0.3 is 0 Å². The average molecular weight is 317 g/mol. The first-order chi connectivity index (χ1) is 9.65. The molecule has 1 aromatic carbocycles. The summed E-state index contributed by atoms with van der Waals surface area (Å²) in [6, 6.07) is 3.32. The highest BCUT2D eigenvalue weighted by atomic mass is 35.5. The lowest BCUT2D eigenvalue weighted by Gasteiger charge is -2.31. The molecule has 0 atom stereocenters. The highest BCUT2D eigenvalue weighted by Gasteiger charge is 2.26. The van der Waals surface area contributed by atoms with Crippen LogP contribution >= 0.6 is 12.4 Å². The number of likely N-dealkylation sites (tertiary alicyclic amines) is 1. The van der Waals surface area contributed by atoms with Crippen molar-refractivity contribution < 1.29 is 14.0 Å². The Hall–Kier alpha value is -1.46. The van der Waals surface area contributed by atoms with Gasteiger partial charge in [-0.1, -0.05) is 11.2 Å². The average Bonchev–Trinajstić information content (AvgIpc) is 2.44. The zero-order valence-corrected chi connectivity index (χ0v) is 12.5. The number of benzene rings is 1. The molecule has 1 saturated heterocycles. The van der Waals surface area contributed by atoms with Crippen LogP contribution in [0.15, 0.2) is 36.0 Å². The van der Waals surface area contributed by atoms with E-state index < -0.39 is 11.6 Å². The predicted octanol–water partition coefficient (Wildman–Crippen LogP) is 3.46. The van der Waals surface area contributed by atoms with Crippen LogP contribution in [-0.2, 0) is 0 Å². The second-order valence-corrected chi connectivity index (χ2v) is 4.97. The van der Waals surface area contributed by atoms with Crippen LogP contribution in [0.2, 0.25) is 0 Å². The van der Waals surface area contributed by atoms with Crippen LogP contribution in [-0.4, -0.2) is 35.5 Å². The van der Waals surface area contributed by atoms with Crippen LogP contribution in [0.4, 0.5) is 8.78 Å². The maximum absolute atomic E-state index is 13.8. The molecule has 1 N–H and O–H groups in total. The first kappa shape index (κ1) is 17.6. The predicted molar refractivity (Wildman–Crippen MR) is 81.3 cm³/mol. The molecule has 0 aromatic heterocycles. The third-order valence-electron chi connectivity index (χ3n) is 3.68. The lowest BCUT2D eigenvalue weighted by molar-refractivity contribution is 0.225. The molecule has 1 aliphatic rings. The Balaban J connectivity index is 0.00000220. The lowest BCUT2D eigenvalue weighted by atomic mass is 9.88. The van der Waals surface area contributed by atoms with Crippen molar-refractivity contribution in [1.82, 2.24) is 4.90 Å². The summed E-state index contributed by atoms with van der Waals surface area (Å²) in [5, 5.41) is 12.5. The fraction of sp³-hybridized carbons (Fsp3) is 0.400. The van der Waals surface area contributed by atoms with E-state index in [9.17, 15) is 14.0 Å². The number of halogens is 3. The summed E-state index contributed by atoms with van der Waals surface area (Å²) in [6.07, 6.45) is 3.41. The highest BCUT2D eigenvalue weighted by molar-refractivity contribution is 6.02. The summed E-state index contributed by atoms with van der Waals surface area (Å²) in [6.45, 7) is 6.22. The van der Waals surface area contributed by atoms with Crippen LogP contribution in [0.5, 0.6) is 0 Å². The summed E-state index contributed by atoms with van der Waals surface area (Å²) in [7, 11) is 0. The number of hydrogen-bond acceptors (Lipinski definition) is 3. The second kappa shape index (κ2) is 8.10. The van der Waals surface area contributed by atoms with Gasteiger partial charge in [0, 0.05) is 24.1 Å². The summed E-state index contributed by atoms with van der Waals surface area (Å²) in [5.74, 6) is -1.34. The van der Waals surface area contributed by atoms with Gasteiger partial charge < -0.3 is 5.21 Å². The van der Waals surface area contributed by atoms with E-state index in [4.69, 9.17) is 0 Å². The van der Waals surface area contributed by atoms with E-state index in [1.807, 2.05) is 6.08 Å². The topological polar surface area (TPSA) is 35.8 Å². The molecule has 0 radical (unpaired) electrons. The summed E-state index contributed by atoms with van der Waals surface area (Å²) in [5.41, 5.74) is 0.483. The Kier molecular flexibility index (Phi) is 6.78. The maximum Gasteiger partial charge on any atom is 0.135 e. The van der Waals surface area contributed by atoms with E-state index >= 15 is 0 Å². The number of oxime groups is 1. The van der Waals surface area contributed by atoms with Crippen molar-refractivity contribution in [2.24, 2.45) is 11.1 Å². The molecule has 0 unspecified atom stereocenters. The van der Waals surface area contributed by atoms with Gasteiger partial charge in [0.2, 0.25) is 0 Å². The third kappa shape index (κ3) is 4.25. The maximum atomic E-state index is 13.8. The molecule has 6 heteroatoms. The van der Waals surface area contributed by atoms with Crippen LogP contribution in [0.3, 0.4) is 0 Å². The van der Waals surface area contributed by atoms with E-state index in [0.717, 1.165) is 38.5 Å². The van der Waals surface area contributed by atoms with Crippen LogP contribution in [0.25, 0.3) is 0 Å². The van der Waals surface area contributed by atoms with Gasteiger partial charge in [-0.3, -0.25) is 4.90 Å². The van der Waals surface area contributed by atoms with E-state index in [2.05, 4.69) is 16.6 Å². The Labute approximate surface area is 129 Å². The lowest BCUT2D eigenvalue weighted by Crippen LogP contribution is -2.36. The summed E-state index contributed by atoms with van der Waals surface area (Å²) < 4.78 is 26.7. The van der Waals surface area contributed by atoms with Crippen molar-refractivity contribution in [3.63, 3.8) is 0 Å². The van der Waals surface area contributed by atoms with Crippen molar-refractivity contribution >= 4 is 18.1 Å². The molecular formula is C15H19ClF2N2O. The van der Waals surface area contributed by atoms with Gasteiger partial charge in [-0.25, -0.2) is 8.78 Å². The minimum Gasteiger partial charge on any atom is -0.411 e. The van der Waals surface area contributed by atoms with Gasteiger partial charge in [0.05, 0.1) is 5.71 Å². The third-order valence-corrected chi connectivity index (χ3v) is 3.68. The van der Waals surface area contributed by atoms with Gasteiger partial charge in [-0.05, 0) is 38.1 Å². The molecular weight excluding hydrogens is 298 g/mol. The molecule has 1 heterocycles. The largest absolute Gasteiger partial charge is 0.411 e. The van der Waals surface area contributed by atoms with Crippen molar-refractivity contribution in [3.8, 4) is 0 Å². The minimum atomic E-state index is -0.689. The van der Waals surface area contributed by atoms with E-state index in [1.54, 1.807) is 0 Å². The number of rotatable bonds is 4. The van der Waals surface area contributed by atoms with E-state index in [-0.39, 0.29) is 23.9 Å². The Morgan fingerprint density at radius 1 is 1.38 bits per heavy atom. The molecule has 0 spiro atoms. The molecule has 1 aromatic rings. The zero-order valence-electron chi connectivity index (χ0n) is 11.6. The van der Waals surface area contributed by atoms with Gasteiger partial charge in [-0.2, -0.15) is 0 Å². The zero-order chi connectivity index (χ0) is 14.5. The SMILES string of the molecule is C=CCN1CCC(C(=NO)c2ccc(F)cc2F)CC1.Cl. The van der Waals surface area contributed by atoms with Crippen LogP contribution in [0.1, 0.15) is 18.4 Å². The minimum absolute atomic E-state index is 0.